The molecule has 150 valence electrons. The highest BCUT2D eigenvalue weighted by Gasteiger charge is 2.22. The fourth-order valence-corrected chi connectivity index (χ4v) is 4.31. The molecule has 1 aromatic heterocycles. The van der Waals surface area contributed by atoms with E-state index in [2.05, 4.69) is 55.1 Å². The van der Waals surface area contributed by atoms with Crippen LogP contribution in [0.25, 0.3) is 0 Å². The van der Waals surface area contributed by atoms with Crippen LogP contribution in [0.15, 0.2) is 4.99 Å². The van der Waals surface area contributed by atoms with Crippen LogP contribution in [-0.2, 0) is 6.42 Å². The number of aliphatic imine (C=N–C) groups is 1. The van der Waals surface area contributed by atoms with Gasteiger partial charge in [-0.05, 0) is 54.0 Å². The lowest BCUT2D eigenvalue weighted by Gasteiger charge is -2.37. The molecule has 0 aromatic carbocycles. The monoisotopic (exact) mass is 493 g/mol. The van der Waals surface area contributed by atoms with Crippen LogP contribution in [0.4, 0.5) is 0 Å². The number of nitrogens with one attached hydrogen (secondary N) is 2. The summed E-state index contributed by atoms with van der Waals surface area (Å²) in [7, 11) is 0. The Bertz CT molecular complexity index is 541. The second-order valence-corrected chi connectivity index (χ2v) is 8.36. The topological polar surface area (TPSA) is 52.6 Å². The van der Waals surface area contributed by atoms with E-state index in [0.29, 0.717) is 12.1 Å². The van der Waals surface area contributed by atoms with Gasteiger partial charge in [-0.2, -0.15) is 0 Å². The standard InChI is InChI=1S/C19H35N5S.HI/c1-6-20-19(21-11-10-18-23-16(4)17(5)25-18)22-13-15(3)24-12-8-7-9-14(24)2;/h14-15H,6-13H2,1-5H3,(H2,20,21,22);1H. The third-order valence-electron chi connectivity index (χ3n) is 4.98. The van der Waals surface area contributed by atoms with Gasteiger partial charge in [0.25, 0.3) is 0 Å². The summed E-state index contributed by atoms with van der Waals surface area (Å²) >= 11 is 1.80. The molecule has 7 heteroatoms. The molecule has 5 nitrogen and oxygen atoms in total. The Morgan fingerprint density at radius 3 is 2.73 bits per heavy atom. The van der Waals surface area contributed by atoms with Crippen LogP contribution in [-0.4, -0.2) is 54.1 Å². The molecule has 26 heavy (non-hydrogen) atoms. The third-order valence-corrected chi connectivity index (χ3v) is 6.12. The molecule has 2 heterocycles. The Hall–Kier alpha value is -0.410. The lowest BCUT2D eigenvalue weighted by Crippen LogP contribution is -2.45. The summed E-state index contributed by atoms with van der Waals surface area (Å²) in [6.45, 7) is 14.8. The van der Waals surface area contributed by atoms with E-state index in [-0.39, 0.29) is 24.0 Å². The largest absolute Gasteiger partial charge is 0.357 e. The van der Waals surface area contributed by atoms with Gasteiger partial charge in [0.2, 0.25) is 0 Å². The molecule has 2 N–H and O–H groups in total. The van der Waals surface area contributed by atoms with Crippen molar-refractivity contribution in [3.8, 4) is 0 Å². The van der Waals surface area contributed by atoms with Gasteiger partial charge in [-0.25, -0.2) is 4.98 Å². The Kier molecular flexibility index (Phi) is 11.0. The fourth-order valence-electron chi connectivity index (χ4n) is 3.38. The number of hydrogen-bond donors (Lipinski definition) is 2. The first kappa shape index (κ1) is 23.6. The van der Waals surface area contributed by atoms with Crippen molar-refractivity contribution in [1.29, 1.82) is 0 Å². The lowest BCUT2D eigenvalue weighted by molar-refractivity contribution is 0.118. The van der Waals surface area contributed by atoms with Crippen LogP contribution in [0.3, 0.4) is 0 Å². The molecule has 2 atom stereocenters. The number of piperidine rings is 1. The van der Waals surface area contributed by atoms with Crippen molar-refractivity contribution in [3.05, 3.63) is 15.6 Å². The molecule has 1 aliphatic rings. The number of guanidine groups is 1. The van der Waals surface area contributed by atoms with E-state index in [9.17, 15) is 0 Å². The number of aryl methyl sites for hydroxylation is 2. The summed E-state index contributed by atoms with van der Waals surface area (Å²) in [4.78, 5) is 13.3. The number of thiazole rings is 1. The van der Waals surface area contributed by atoms with Crippen molar-refractivity contribution >= 4 is 41.3 Å². The Balaban J connectivity index is 0.00000338. The molecule has 0 bridgehead atoms. The van der Waals surface area contributed by atoms with Gasteiger partial charge in [0, 0.05) is 36.5 Å². The zero-order chi connectivity index (χ0) is 18.2. The minimum absolute atomic E-state index is 0. The Morgan fingerprint density at radius 1 is 1.35 bits per heavy atom. The first-order chi connectivity index (χ1) is 12.0. The predicted molar refractivity (Wildman–Crippen MR) is 124 cm³/mol. The number of nitrogens with zero attached hydrogens (tertiary/aromatic N) is 3. The summed E-state index contributed by atoms with van der Waals surface area (Å²) in [5.41, 5.74) is 1.16. The summed E-state index contributed by atoms with van der Waals surface area (Å²) in [5, 5.41) is 8.02. The predicted octanol–water partition coefficient (Wildman–Crippen LogP) is 3.74. The van der Waals surface area contributed by atoms with Crippen molar-refractivity contribution in [3.63, 3.8) is 0 Å². The lowest BCUT2D eigenvalue weighted by atomic mass is 10.0. The van der Waals surface area contributed by atoms with E-state index in [0.717, 1.165) is 37.7 Å². The highest BCUT2D eigenvalue weighted by molar-refractivity contribution is 14.0. The molecule has 0 radical (unpaired) electrons. The van der Waals surface area contributed by atoms with E-state index in [4.69, 9.17) is 4.99 Å². The summed E-state index contributed by atoms with van der Waals surface area (Å²) < 4.78 is 0. The number of aromatic nitrogens is 1. The minimum Gasteiger partial charge on any atom is -0.357 e. The van der Waals surface area contributed by atoms with Gasteiger partial charge in [0.1, 0.15) is 0 Å². The SMILES string of the molecule is CCNC(=NCC(C)N1CCCCC1C)NCCc1nc(C)c(C)s1.I. The quantitative estimate of drug-likeness (QED) is 0.345. The maximum Gasteiger partial charge on any atom is 0.191 e. The molecule has 1 fully saturated rings. The average molecular weight is 494 g/mol. The maximum atomic E-state index is 4.81. The number of halogens is 1. The Labute approximate surface area is 180 Å². The number of hydrogen-bond acceptors (Lipinski definition) is 4. The third kappa shape index (κ3) is 7.31. The van der Waals surface area contributed by atoms with E-state index < -0.39 is 0 Å². The second-order valence-electron chi connectivity index (χ2n) is 7.08. The van der Waals surface area contributed by atoms with E-state index >= 15 is 0 Å². The molecule has 0 saturated carbocycles. The summed E-state index contributed by atoms with van der Waals surface area (Å²) in [5.74, 6) is 0.920. The minimum atomic E-state index is 0. The molecular weight excluding hydrogens is 457 g/mol. The van der Waals surface area contributed by atoms with Gasteiger partial charge in [-0.15, -0.1) is 35.3 Å². The average Bonchev–Trinajstić information content (AvgIpc) is 2.90. The van der Waals surface area contributed by atoms with E-state index in [1.165, 1.54) is 35.7 Å². The first-order valence-electron chi connectivity index (χ1n) is 9.72. The van der Waals surface area contributed by atoms with Crippen LogP contribution < -0.4 is 10.6 Å². The van der Waals surface area contributed by atoms with Gasteiger partial charge in [0.05, 0.1) is 17.2 Å². The maximum absolute atomic E-state index is 4.81. The number of likely N-dealkylation sites (tertiary alicyclic amines) is 1. The number of rotatable bonds is 7. The molecule has 2 rings (SSSR count). The smallest absolute Gasteiger partial charge is 0.191 e. The van der Waals surface area contributed by atoms with Crippen LogP contribution in [0, 0.1) is 13.8 Å². The molecule has 0 amide bonds. The summed E-state index contributed by atoms with van der Waals surface area (Å²) in [6.07, 6.45) is 4.96. The van der Waals surface area contributed by atoms with Crippen molar-refractivity contribution < 1.29 is 0 Å². The first-order valence-corrected chi connectivity index (χ1v) is 10.5. The summed E-state index contributed by atoms with van der Waals surface area (Å²) in [6, 6.07) is 1.18. The van der Waals surface area contributed by atoms with Gasteiger partial charge >= 0.3 is 0 Å². The fraction of sp³-hybridized carbons (Fsp3) is 0.789. The Morgan fingerprint density at radius 2 is 2.12 bits per heavy atom. The highest BCUT2D eigenvalue weighted by Crippen LogP contribution is 2.19. The van der Waals surface area contributed by atoms with Gasteiger partial charge in [-0.3, -0.25) is 9.89 Å². The van der Waals surface area contributed by atoms with E-state index in [1.807, 2.05) is 0 Å². The van der Waals surface area contributed by atoms with Gasteiger partial charge in [0.15, 0.2) is 5.96 Å². The molecule has 1 saturated heterocycles. The molecule has 0 aliphatic carbocycles. The van der Waals surface area contributed by atoms with Crippen LogP contribution in [0.2, 0.25) is 0 Å². The van der Waals surface area contributed by atoms with Gasteiger partial charge < -0.3 is 10.6 Å². The molecular formula is C19H36IN5S. The van der Waals surface area contributed by atoms with Crippen molar-refractivity contribution in [2.45, 2.75) is 72.4 Å². The van der Waals surface area contributed by atoms with E-state index in [1.54, 1.807) is 11.3 Å². The van der Waals surface area contributed by atoms with Crippen LogP contribution in [0.1, 0.15) is 55.6 Å². The van der Waals surface area contributed by atoms with Crippen molar-refractivity contribution in [2.75, 3.05) is 26.2 Å². The zero-order valence-corrected chi connectivity index (χ0v) is 20.1. The zero-order valence-electron chi connectivity index (χ0n) is 17.0. The molecule has 0 spiro atoms. The van der Waals surface area contributed by atoms with Crippen LogP contribution >= 0.6 is 35.3 Å². The molecule has 2 unspecified atom stereocenters. The normalized spacial score (nSPS) is 19.7. The van der Waals surface area contributed by atoms with Crippen molar-refractivity contribution in [2.24, 2.45) is 4.99 Å². The molecule has 1 aromatic rings. The second kappa shape index (κ2) is 12.1. The van der Waals surface area contributed by atoms with Crippen molar-refractivity contribution in [1.82, 2.24) is 20.5 Å². The van der Waals surface area contributed by atoms with Gasteiger partial charge in [-0.1, -0.05) is 6.42 Å². The van der Waals surface area contributed by atoms with Crippen LogP contribution in [0.5, 0.6) is 0 Å². The highest BCUT2D eigenvalue weighted by atomic mass is 127. The molecule has 1 aliphatic heterocycles.